The molecule has 18 heavy (non-hydrogen) atoms. The second-order valence-electron chi connectivity index (χ2n) is 3.57. The summed E-state index contributed by atoms with van der Waals surface area (Å²) in [5.74, 6) is 0. The van der Waals surface area contributed by atoms with Crippen molar-refractivity contribution < 1.29 is 0 Å². The minimum Gasteiger partial charge on any atom is -0.380 e. The fraction of sp³-hybridized carbons (Fsp3) is 0.0769. The topological polar surface area (TPSA) is 59.6 Å². The first kappa shape index (κ1) is 12.4. The predicted molar refractivity (Wildman–Crippen MR) is 72.5 cm³/mol. The average Bonchev–Trinajstić information content (AvgIpc) is 2.84. The third-order valence-corrected chi connectivity index (χ3v) is 3.59. The maximum atomic E-state index is 8.76. The number of anilines is 1. The molecule has 5 heteroatoms. The van der Waals surface area contributed by atoms with E-state index in [-0.39, 0.29) is 0 Å². The molecule has 0 radical (unpaired) electrons. The molecule has 0 aliphatic heterocycles. The zero-order chi connectivity index (χ0) is 13.0. The van der Waals surface area contributed by atoms with Crippen LogP contribution < -0.4 is 5.32 Å². The molecule has 0 spiro atoms. The number of hydrogen-bond donors (Lipinski definition) is 1. The normalized spacial score (nSPS) is 9.50. The zero-order valence-electron chi connectivity index (χ0n) is 9.27. The van der Waals surface area contributed by atoms with Crippen LogP contribution in [0.2, 0.25) is 5.02 Å². The highest BCUT2D eigenvalue weighted by molar-refractivity contribution is 7.10. The Morgan fingerprint density at radius 1 is 1.22 bits per heavy atom. The van der Waals surface area contributed by atoms with Crippen LogP contribution in [0.1, 0.15) is 16.0 Å². The molecule has 1 heterocycles. The van der Waals surface area contributed by atoms with Gasteiger partial charge in [-0.25, -0.2) is 0 Å². The van der Waals surface area contributed by atoms with Gasteiger partial charge >= 0.3 is 0 Å². The van der Waals surface area contributed by atoms with Gasteiger partial charge in [-0.1, -0.05) is 11.6 Å². The zero-order valence-corrected chi connectivity index (χ0v) is 10.8. The van der Waals surface area contributed by atoms with Crippen LogP contribution in [0.15, 0.2) is 29.6 Å². The van der Waals surface area contributed by atoms with Crippen molar-refractivity contribution in [3.63, 3.8) is 0 Å². The lowest BCUT2D eigenvalue weighted by molar-refractivity contribution is 1.19. The largest absolute Gasteiger partial charge is 0.380 e. The number of rotatable bonds is 3. The summed E-state index contributed by atoms with van der Waals surface area (Å²) >= 11 is 7.47. The van der Waals surface area contributed by atoms with E-state index in [1.165, 1.54) is 11.3 Å². The summed E-state index contributed by atoms with van der Waals surface area (Å²) in [6, 6.07) is 11.2. The lowest BCUT2D eigenvalue weighted by Gasteiger charge is -2.05. The van der Waals surface area contributed by atoms with Gasteiger partial charge in [0.2, 0.25) is 0 Å². The number of hydrogen-bond acceptors (Lipinski definition) is 4. The Hall–Kier alpha value is -2.01. The second-order valence-corrected chi connectivity index (χ2v) is 4.98. The van der Waals surface area contributed by atoms with Gasteiger partial charge in [0.05, 0.1) is 16.1 Å². The molecule has 0 aliphatic carbocycles. The van der Waals surface area contributed by atoms with Crippen molar-refractivity contribution >= 4 is 28.6 Å². The lowest BCUT2D eigenvalue weighted by Crippen LogP contribution is -1.97. The number of nitrogens with one attached hydrogen (secondary N) is 1. The monoisotopic (exact) mass is 273 g/mol. The number of benzene rings is 1. The number of nitriles is 2. The fourth-order valence-corrected chi connectivity index (χ4v) is 2.41. The minimum absolute atomic E-state index is 0.436. The number of nitrogens with zero attached hydrogens (tertiary/aromatic N) is 2. The van der Waals surface area contributed by atoms with Crippen LogP contribution in [-0.4, -0.2) is 0 Å². The molecule has 1 aromatic heterocycles. The van der Waals surface area contributed by atoms with E-state index in [0.29, 0.717) is 22.7 Å². The molecule has 0 bridgehead atoms. The second kappa shape index (κ2) is 5.55. The van der Waals surface area contributed by atoms with Crippen molar-refractivity contribution in [2.45, 2.75) is 6.54 Å². The highest BCUT2D eigenvalue weighted by atomic mass is 35.5. The summed E-state index contributed by atoms with van der Waals surface area (Å²) in [7, 11) is 0. The van der Waals surface area contributed by atoms with Crippen LogP contribution in [-0.2, 0) is 6.54 Å². The molecular formula is C13H8ClN3S. The summed E-state index contributed by atoms with van der Waals surface area (Å²) in [5.41, 5.74) is 1.99. The maximum absolute atomic E-state index is 8.76. The van der Waals surface area contributed by atoms with E-state index in [1.54, 1.807) is 12.1 Å². The fourth-order valence-electron chi connectivity index (χ4n) is 1.44. The van der Waals surface area contributed by atoms with E-state index >= 15 is 0 Å². The maximum Gasteiger partial charge on any atom is 0.101 e. The van der Waals surface area contributed by atoms with Crippen molar-refractivity contribution in [2.24, 2.45) is 0 Å². The van der Waals surface area contributed by atoms with Gasteiger partial charge in [0.15, 0.2) is 0 Å². The smallest absolute Gasteiger partial charge is 0.101 e. The summed E-state index contributed by atoms with van der Waals surface area (Å²) in [6.45, 7) is 0.634. The molecule has 1 N–H and O–H groups in total. The summed E-state index contributed by atoms with van der Waals surface area (Å²) in [5, 5.41) is 22.9. The van der Waals surface area contributed by atoms with E-state index in [2.05, 4.69) is 11.4 Å². The highest BCUT2D eigenvalue weighted by Crippen LogP contribution is 2.21. The van der Waals surface area contributed by atoms with Crippen molar-refractivity contribution in [1.29, 1.82) is 10.5 Å². The molecule has 3 nitrogen and oxygen atoms in total. The molecular weight excluding hydrogens is 266 g/mol. The van der Waals surface area contributed by atoms with E-state index in [1.807, 2.05) is 23.6 Å². The summed E-state index contributed by atoms with van der Waals surface area (Å²) in [6.07, 6.45) is 0. The molecule has 88 valence electrons. The minimum atomic E-state index is 0.436. The van der Waals surface area contributed by atoms with Crippen LogP contribution >= 0.6 is 22.9 Å². The van der Waals surface area contributed by atoms with Crippen molar-refractivity contribution in [3.8, 4) is 12.1 Å². The van der Waals surface area contributed by atoms with Crippen LogP contribution in [0.5, 0.6) is 0 Å². The lowest BCUT2D eigenvalue weighted by atomic mass is 10.2. The van der Waals surface area contributed by atoms with Gasteiger partial charge < -0.3 is 5.32 Å². The van der Waals surface area contributed by atoms with Gasteiger partial charge in [0.25, 0.3) is 0 Å². The van der Waals surface area contributed by atoms with Gasteiger partial charge in [-0.15, -0.1) is 11.3 Å². The molecule has 2 aromatic rings. The molecule has 1 aromatic carbocycles. The van der Waals surface area contributed by atoms with Crippen LogP contribution in [0.25, 0.3) is 0 Å². The van der Waals surface area contributed by atoms with Gasteiger partial charge in [-0.05, 0) is 24.3 Å². The van der Waals surface area contributed by atoms with E-state index in [4.69, 9.17) is 22.1 Å². The molecule has 0 saturated heterocycles. The van der Waals surface area contributed by atoms with Crippen molar-refractivity contribution in [1.82, 2.24) is 0 Å². The molecule has 0 amide bonds. The predicted octanol–water partition coefficient (Wildman–Crippen LogP) is 3.76. The summed E-state index contributed by atoms with van der Waals surface area (Å²) in [4.78, 5) is 1.08. The van der Waals surface area contributed by atoms with Gasteiger partial charge in [0, 0.05) is 22.5 Å². The third-order valence-electron chi connectivity index (χ3n) is 2.34. The Bertz CT molecular complexity index is 649. The van der Waals surface area contributed by atoms with Crippen molar-refractivity contribution in [3.05, 3.63) is 50.7 Å². The first-order valence-electron chi connectivity index (χ1n) is 5.14. The first-order valence-corrected chi connectivity index (χ1v) is 6.39. The van der Waals surface area contributed by atoms with E-state index in [9.17, 15) is 0 Å². The average molecular weight is 274 g/mol. The van der Waals surface area contributed by atoms with Crippen LogP contribution in [0, 0.1) is 22.7 Å². The molecule has 0 aliphatic rings. The Morgan fingerprint density at radius 3 is 2.67 bits per heavy atom. The Balaban J connectivity index is 2.05. The van der Waals surface area contributed by atoms with E-state index < -0.39 is 0 Å². The SMILES string of the molecule is N#Cc1csc(CNc2ccc(C#N)c(Cl)c2)c1. The third kappa shape index (κ3) is 2.81. The molecule has 0 unspecified atom stereocenters. The molecule has 0 fully saturated rings. The summed E-state index contributed by atoms with van der Waals surface area (Å²) < 4.78 is 0. The first-order chi connectivity index (χ1) is 8.72. The Labute approximate surface area is 114 Å². The van der Waals surface area contributed by atoms with Gasteiger partial charge in [0.1, 0.15) is 12.1 Å². The number of halogens is 1. The van der Waals surface area contributed by atoms with E-state index in [0.717, 1.165) is 10.6 Å². The molecule has 0 saturated carbocycles. The number of thiophene rings is 1. The Morgan fingerprint density at radius 2 is 2.06 bits per heavy atom. The Kier molecular flexibility index (Phi) is 3.84. The molecule has 2 rings (SSSR count). The highest BCUT2D eigenvalue weighted by Gasteiger charge is 2.02. The van der Waals surface area contributed by atoms with Crippen LogP contribution in [0.4, 0.5) is 5.69 Å². The molecule has 0 atom stereocenters. The standard InChI is InChI=1S/C13H8ClN3S/c14-13-4-11(2-1-10(13)6-16)17-7-12-3-9(5-15)8-18-12/h1-4,8,17H,7H2. The van der Waals surface area contributed by atoms with Crippen LogP contribution in [0.3, 0.4) is 0 Å². The quantitative estimate of drug-likeness (QED) is 0.926. The van der Waals surface area contributed by atoms with Gasteiger partial charge in [-0.2, -0.15) is 10.5 Å². The van der Waals surface area contributed by atoms with Gasteiger partial charge in [-0.3, -0.25) is 0 Å². The van der Waals surface area contributed by atoms with Crippen molar-refractivity contribution in [2.75, 3.05) is 5.32 Å².